The number of esters is 1. The van der Waals surface area contributed by atoms with Gasteiger partial charge in [-0.25, -0.2) is 0 Å². The number of rotatable bonds is 7. The van der Waals surface area contributed by atoms with Gasteiger partial charge in [0.2, 0.25) is 0 Å². The van der Waals surface area contributed by atoms with Crippen molar-refractivity contribution in [3.63, 3.8) is 0 Å². The summed E-state index contributed by atoms with van der Waals surface area (Å²) in [6.07, 6.45) is 0.252. The van der Waals surface area contributed by atoms with Crippen molar-refractivity contribution in [3.05, 3.63) is 108 Å². The highest BCUT2D eigenvalue weighted by Crippen LogP contribution is 2.44. The number of nitrogens with two attached hydrogens (primary N) is 1. The first-order valence-electron chi connectivity index (χ1n) is 11.3. The van der Waals surface area contributed by atoms with Gasteiger partial charge in [0, 0.05) is 12.0 Å². The lowest BCUT2D eigenvalue weighted by Crippen LogP contribution is -2.43. The first kappa shape index (κ1) is 21.9. The molecule has 5 rings (SSSR count). The molecule has 0 fully saturated rings. The predicted octanol–water partition coefficient (Wildman–Crippen LogP) is 4.77. The molecule has 5 nitrogen and oxygen atoms in total. The first-order valence-corrected chi connectivity index (χ1v) is 11.3. The molecule has 4 aromatic carbocycles. The third-order valence-electron chi connectivity index (χ3n) is 6.64. The van der Waals surface area contributed by atoms with Crippen LogP contribution >= 0.6 is 0 Å². The summed E-state index contributed by atoms with van der Waals surface area (Å²) in [6, 6.07) is 28.8. The number of aliphatic carboxylic acids is 1. The summed E-state index contributed by atoms with van der Waals surface area (Å²) in [6.45, 7) is 0.0671. The lowest BCUT2D eigenvalue weighted by Gasteiger charge is -2.21. The van der Waals surface area contributed by atoms with Crippen LogP contribution in [0.25, 0.3) is 21.9 Å². The molecule has 3 N–H and O–H groups in total. The van der Waals surface area contributed by atoms with E-state index in [9.17, 15) is 14.7 Å². The third kappa shape index (κ3) is 3.95. The average Bonchev–Trinajstić information content (AvgIpc) is 3.16. The topological polar surface area (TPSA) is 89.6 Å². The predicted molar refractivity (Wildman–Crippen MR) is 131 cm³/mol. The van der Waals surface area contributed by atoms with Crippen molar-refractivity contribution in [2.24, 2.45) is 11.7 Å². The second-order valence-corrected chi connectivity index (χ2v) is 8.68. The molecule has 5 heteroatoms. The molecule has 0 saturated heterocycles. The quantitative estimate of drug-likeness (QED) is 0.312. The molecule has 0 saturated carbocycles. The Morgan fingerprint density at radius 2 is 1.41 bits per heavy atom. The highest BCUT2D eigenvalue weighted by molar-refractivity contribution is 5.95. The summed E-state index contributed by atoms with van der Waals surface area (Å²) in [7, 11) is 0. The zero-order valence-electron chi connectivity index (χ0n) is 18.6. The first-order chi connectivity index (χ1) is 16.5. The van der Waals surface area contributed by atoms with Crippen molar-refractivity contribution in [1.29, 1.82) is 0 Å². The molecule has 2 atom stereocenters. The van der Waals surface area contributed by atoms with Gasteiger partial charge in [-0.1, -0.05) is 91.0 Å². The van der Waals surface area contributed by atoms with E-state index >= 15 is 0 Å². The van der Waals surface area contributed by atoms with Crippen LogP contribution in [0.2, 0.25) is 0 Å². The molecule has 0 radical (unpaired) electrons. The maximum absolute atomic E-state index is 13.0. The van der Waals surface area contributed by atoms with E-state index in [-0.39, 0.29) is 18.9 Å². The van der Waals surface area contributed by atoms with Gasteiger partial charge in [0.1, 0.15) is 6.61 Å². The molecule has 0 amide bonds. The maximum Gasteiger partial charge on any atom is 0.321 e. The molecular formula is C29H25NO4. The number of carboxylic acid groups (broad SMARTS) is 1. The van der Waals surface area contributed by atoms with Crippen molar-refractivity contribution in [1.82, 2.24) is 0 Å². The standard InChI is InChI=1S/C29H25NO4/c30-26(16-19-10-7-9-18-8-1-2-11-20(18)19)27(28(31)32)29(33)34-17-25-23-14-5-3-12-21(23)22-13-4-6-15-24(22)25/h1-15,25-27H,16-17,30H2,(H,31,32)/t26-,27+/m1/s1. The van der Waals surface area contributed by atoms with Crippen LogP contribution in [0.5, 0.6) is 0 Å². The number of benzene rings is 4. The minimum atomic E-state index is -1.45. The average molecular weight is 452 g/mol. The fourth-order valence-corrected chi connectivity index (χ4v) is 5.00. The van der Waals surface area contributed by atoms with Crippen molar-refractivity contribution >= 4 is 22.7 Å². The van der Waals surface area contributed by atoms with Gasteiger partial charge in [0.05, 0.1) is 0 Å². The highest BCUT2D eigenvalue weighted by Gasteiger charge is 2.36. The van der Waals surface area contributed by atoms with Gasteiger partial charge >= 0.3 is 11.9 Å². The largest absolute Gasteiger partial charge is 0.481 e. The van der Waals surface area contributed by atoms with E-state index in [4.69, 9.17) is 10.5 Å². The third-order valence-corrected chi connectivity index (χ3v) is 6.64. The van der Waals surface area contributed by atoms with E-state index in [1.165, 1.54) is 0 Å². The van der Waals surface area contributed by atoms with E-state index in [2.05, 4.69) is 12.1 Å². The Bertz CT molecular complexity index is 1330. The van der Waals surface area contributed by atoms with Gasteiger partial charge in [-0.05, 0) is 45.0 Å². The Balaban J connectivity index is 1.34. The van der Waals surface area contributed by atoms with Crippen LogP contribution in [0.1, 0.15) is 22.6 Å². The minimum absolute atomic E-state index is 0.0671. The molecule has 0 heterocycles. The smallest absolute Gasteiger partial charge is 0.321 e. The molecule has 170 valence electrons. The second-order valence-electron chi connectivity index (χ2n) is 8.68. The number of carbonyl (C=O) groups is 2. The number of carbonyl (C=O) groups excluding carboxylic acids is 1. The van der Waals surface area contributed by atoms with Gasteiger partial charge in [-0.3, -0.25) is 9.59 Å². The minimum Gasteiger partial charge on any atom is -0.481 e. The van der Waals surface area contributed by atoms with Crippen LogP contribution in [0.3, 0.4) is 0 Å². The number of fused-ring (bicyclic) bond motifs is 4. The number of hydrogen-bond donors (Lipinski definition) is 2. The van der Waals surface area contributed by atoms with E-state index in [1.807, 2.05) is 78.9 Å². The molecule has 4 aromatic rings. The van der Waals surface area contributed by atoms with Gasteiger partial charge < -0.3 is 15.6 Å². The van der Waals surface area contributed by atoms with Crippen LogP contribution in [0.4, 0.5) is 0 Å². The van der Waals surface area contributed by atoms with Crippen molar-refractivity contribution < 1.29 is 19.4 Å². The summed E-state index contributed by atoms with van der Waals surface area (Å²) in [5.41, 5.74) is 11.6. The Morgan fingerprint density at radius 1 is 0.824 bits per heavy atom. The molecule has 0 aliphatic heterocycles. The Hall–Kier alpha value is -3.96. The number of carboxylic acids is 1. The van der Waals surface area contributed by atoms with Gasteiger partial charge in [-0.15, -0.1) is 0 Å². The monoisotopic (exact) mass is 451 g/mol. The Kier molecular flexibility index (Phi) is 5.86. The molecule has 1 aliphatic carbocycles. The van der Waals surface area contributed by atoms with Crippen LogP contribution in [-0.2, 0) is 20.7 Å². The molecular weight excluding hydrogens is 426 g/mol. The van der Waals surface area contributed by atoms with E-state index in [0.29, 0.717) is 0 Å². The normalized spacial score (nSPS) is 14.3. The Morgan fingerprint density at radius 3 is 2.09 bits per heavy atom. The zero-order chi connectivity index (χ0) is 23.7. The van der Waals surface area contributed by atoms with Crippen molar-refractivity contribution in [2.45, 2.75) is 18.4 Å². The summed E-state index contributed by atoms with van der Waals surface area (Å²) in [5, 5.41) is 11.9. The molecule has 34 heavy (non-hydrogen) atoms. The lowest BCUT2D eigenvalue weighted by atomic mass is 9.91. The van der Waals surface area contributed by atoms with Crippen molar-refractivity contribution in [3.8, 4) is 11.1 Å². The fraction of sp³-hybridized carbons (Fsp3) is 0.172. The summed E-state index contributed by atoms with van der Waals surface area (Å²) in [4.78, 5) is 25.0. The van der Waals surface area contributed by atoms with Crippen LogP contribution in [-0.4, -0.2) is 29.7 Å². The summed E-state index contributed by atoms with van der Waals surface area (Å²) < 4.78 is 5.61. The molecule has 0 bridgehead atoms. The lowest BCUT2D eigenvalue weighted by molar-refractivity contribution is -0.159. The molecule has 1 aliphatic rings. The highest BCUT2D eigenvalue weighted by atomic mass is 16.5. The van der Waals surface area contributed by atoms with Gasteiger partial charge in [-0.2, -0.15) is 0 Å². The second kappa shape index (κ2) is 9.12. The molecule has 0 unspecified atom stereocenters. The van der Waals surface area contributed by atoms with E-state index in [0.717, 1.165) is 38.6 Å². The van der Waals surface area contributed by atoms with E-state index in [1.54, 1.807) is 0 Å². The van der Waals surface area contributed by atoms with Crippen LogP contribution in [0.15, 0.2) is 91.0 Å². The maximum atomic E-state index is 13.0. The van der Waals surface area contributed by atoms with Crippen molar-refractivity contribution in [2.75, 3.05) is 6.61 Å². The fourth-order valence-electron chi connectivity index (χ4n) is 5.00. The summed E-state index contributed by atoms with van der Waals surface area (Å²) in [5.74, 6) is -3.67. The summed E-state index contributed by atoms with van der Waals surface area (Å²) >= 11 is 0. The Labute approximate surface area is 197 Å². The van der Waals surface area contributed by atoms with Gasteiger partial charge in [0.25, 0.3) is 0 Å². The van der Waals surface area contributed by atoms with E-state index < -0.39 is 23.9 Å². The van der Waals surface area contributed by atoms with Crippen LogP contribution in [0, 0.1) is 5.92 Å². The van der Waals surface area contributed by atoms with Gasteiger partial charge in [0.15, 0.2) is 5.92 Å². The molecule has 0 aromatic heterocycles. The van der Waals surface area contributed by atoms with Crippen LogP contribution < -0.4 is 5.73 Å². The number of hydrogen-bond acceptors (Lipinski definition) is 4. The SMILES string of the molecule is N[C@H](Cc1cccc2ccccc12)[C@@H](C(=O)O)C(=O)OCC1c2ccccc2-c2ccccc21. The zero-order valence-corrected chi connectivity index (χ0v) is 18.6. The number of ether oxygens (including phenoxy) is 1. The molecule has 0 spiro atoms.